The number of aliphatic carboxylic acids is 1. The van der Waals surface area contributed by atoms with Crippen LogP contribution in [0, 0.1) is 17.3 Å². The topological polar surface area (TPSA) is 66.8 Å². The van der Waals surface area contributed by atoms with Gasteiger partial charge in [-0.2, -0.15) is 0 Å². The maximum absolute atomic E-state index is 12.5. The van der Waals surface area contributed by atoms with Crippen LogP contribution < -0.4 is 0 Å². The minimum absolute atomic E-state index is 0.0305. The number of hydrogen-bond acceptors (Lipinski definition) is 3. The molecular weight excluding hydrogens is 282 g/mol. The van der Waals surface area contributed by atoms with Gasteiger partial charge in [-0.15, -0.1) is 0 Å². The van der Waals surface area contributed by atoms with Crippen LogP contribution in [0.1, 0.15) is 52.9 Å². The molecular formula is C17H29NO4. The fourth-order valence-corrected chi connectivity index (χ4v) is 4.34. The molecule has 1 heterocycles. The summed E-state index contributed by atoms with van der Waals surface area (Å²) in [5, 5.41) is 8.85. The molecule has 1 aliphatic heterocycles. The lowest BCUT2D eigenvalue weighted by atomic mass is 9.67. The van der Waals surface area contributed by atoms with Gasteiger partial charge in [-0.3, -0.25) is 9.59 Å². The van der Waals surface area contributed by atoms with Crippen molar-refractivity contribution in [1.82, 2.24) is 4.90 Å². The first-order chi connectivity index (χ1) is 10.2. The summed E-state index contributed by atoms with van der Waals surface area (Å²) < 4.78 is 5.43. The van der Waals surface area contributed by atoms with E-state index in [0.717, 1.165) is 12.8 Å². The normalized spacial score (nSPS) is 31.8. The van der Waals surface area contributed by atoms with Crippen LogP contribution in [0.25, 0.3) is 0 Å². The molecule has 3 unspecified atom stereocenters. The highest BCUT2D eigenvalue weighted by atomic mass is 16.5. The van der Waals surface area contributed by atoms with Gasteiger partial charge in [0.15, 0.2) is 0 Å². The van der Waals surface area contributed by atoms with E-state index in [1.165, 1.54) is 6.42 Å². The predicted octanol–water partition coefficient (Wildman–Crippen LogP) is 2.54. The van der Waals surface area contributed by atoms with Crippen molar-refractivity contribution in [3.05, 3.63) is 0 Å². The third-order valence-corrected chi connectivity index (χ3v) is 4.84. The molecule has 0 aromatic heterocycles. The Kier molecular flexibility index (Phi) is 5.48. The van der Waals surface area contributed by atoms with Gasteiger partial charge in [0.25, 0.3) is 0 Å². The lowest BCUT2D eigenvalue weighted by molar-refractivity contribution is -0.148. The first-order valence-electron chi connectivity index (χ1n) is 8.36. The van der Waals surface area contributed by atoms with Crippen LogP contribution in [0.15, 0.2) is 0 Å². The van der Waals surface area contributed by atoms with E-state index >= 15 is 0 Å². The van der Waals surface area contributed by atoms with Crippen molar-refractivity contribution in [3.8, 4) is 0 Å². The molecule has 1 saturated heterocycles. The summed E-state index contributed by atoms with van der Waals surface area (Å²) in [6.45, 7) is 8.29. The van der Waals surface area contributed by atoms with E-state index in [-0.39, 0.29) is 18.4 Å². The van der Waals surface area contributed by atoms with Gasteiger partial charge in [-0.05, 0) is 36.5 Å². The summed E-state index contributed by atoms with van der Waals surface area (Å²) in [7, 11) is 0. The Morgan fingerprint density at radius 1 is 1.27 bits per heavy atom. The van der Waals surface area contributed by atoms with Gasteiger partial charge in [0, 0.05) is 19.5 Å². The lowest BCUT2D eigenvalue weighted by Crippen LogP contribution is -2.47. The van der Waals surface area contributed by atoms with E-state index in [4.69, 9.17) is 9.84 Å². The second-order valence-corrected chi connectivity index (χ2v) is 7.91. The van der Waals surface area contributed by atoms with Crippen molar-refractivity contribution in [3.63, 3.8) is 0 Å². The first-order valence-corrected chi connectivity index (χ1v) is 8.36. The van der Waals surface area contributed by atoms with Gasteiger partial charge >= 0.3 is 5.97 Å². The maximum atomic E-state index is 12.5. The van der Waals surface area contributed by atoms with Gasteiger partial charge < -0.3 is 14.7 Å². The van der Waals surface area contributed by atoms with Gasteiger partial charge in [-0.1, -0.05) is 20.8 Å². The van der Waals surface area contributed by atoms with Crippen molar-refractivity contribution < 1.29 is 19.4 Å². The largest absolute Gasteiger partial charge is 0.481 e. The zero-order valence-corrected chi connectivity index (χ0v) is 14.0. The summed E-state index contributed by atoms with van der Waals surface area (Å²) in [6, 6.07) is 0. The molecule has 0 spiro atoms. The molecule has 0 aromatic carbocycles. The Morgan fingerprint density at radius 3 is 2.64 bits per heavy atom. The van der Waals surface area contributed by atoms with Crippen molar-refractivity contribution in [2.24, 2.45) is 17.3 Å². The van der Waals surface area contributed by atoms with Gasteiger partial charge in [0.1, 0.15) is 0 Å². The number of carboxylic acid groups (broad SMARTS) is 1. The van der Waals surface area contributed by atoms with Crippen LogP contribution in [0.5, 0.6) is 0 Å². The number of carboxylic acids is 1. The van der Waals surface area contributed by atoms with E-state index in [9.17, 15) is 9.59 Å². The second-order valence-electron chi connectivity index (χ2n) is 7.91. The molecule has 2 aliphatic rings. The molecule has 0 radical (unpaired) electrons. The average Bonchev–Trinajstić information content (AvgIpc) is 2.35. The van der Waals surface area contributed by atoms with E-state index < -0.39 is 5.97 Å². The molecule has 3 atom stereocenters. The van der Waals surface area contributed by atoms with Crippen LogP contribution in [0.4, 0.5) is 0 Å². The van der Waals surface area contributed by atoms with Crippen molar-refractivity contribution in [2.45, 2.75) is 59.0 Å². The number of rotatable bonds is 4. The highest BCUT2D eigenvalue weighted by Crippen LogP contribution is 2.43. The molecule has 2 rings (SSSR count). The lowest BCUT2D eigenvalue weighted by Gasteiger charge is -2.40. The Labute approximate surface area is 133 Å². The van der Waals surface area contributed by atoms with E-state index in [1.807, 2.05) is 0 Å². The van der Waals surface area contributed by atoms with E-state index in [2.05, 4.69) is 20.8 Å². The molecule has 22 heavy (non-hydrogen) atoms. The molecule has 0 bridgehead atoms. The third kappa shape index (κ3) is 4.97. The summed E-state index contributed by atoms with van der Waals surface area (Å²) in [4.78, 5) is 25.1. The number of morpholine rings is 1. The second kappa shape index (κ2) is 6.99. The van der Waals surface area contributed by atoms with Gasteiger partial charge in [0.05, 0.1) is 19.1 Å². The van der Waals surface area contributed by atoms with Crippen LogP contribution in [0.2, 0.25) is 0 Å². The fourth-order valence-electron chi connectivity index (χ4n) is 4.34. The molecule has 5 nitrogen and oxygen atoms in total. The van der Waals surface area contributed by atoms with Crippen LogP contribution in [0.3, 0.4) is 0 Å². The number of nitrogens with zero attached hydrogens (tertiary/aromatic N) is 1. The Balaban J connectivity index is 1.87. The van der Waals surface area contributed by atoms with Crippen LogP contribution >= 0.6 is 0 Å². The molecule has 126 valence electrons. The Morgan fingerprint density at radius 2 is 2.00 bits per heavy atom. The minimum atomic E-state index is -0.873. The van der Waals surface area contributed by atoms with Gasteiger partial charge in [0.2, 0.25) is 5.91 Å². The van der Waals surface area contributed by atoms with E-state index in [1.54, 1.807) is 4.90 Å². The number of amides is 1. The molecule has 0 aromatic rings. The molecule has 1 amide bonds. The monoisotopic (exact) mass is 311 g/mol. The highest BCUT2D eigenvalue weighted by molar-refractivity contribution is 5.76. The zero-order chi connectivity index (χ0) is 16.3. The Hall–Kier alpha value is -1.10. The summed E-state index contributed by atoms with van der Waals surface area (Å²) in [6.07, 6.45) is 3.65. The fraction of sp³-hybridized carbons (Fsp3) is 0.882. The number of carbonyl (C=O) groups is 2. The molecule has 1 aliphatic carbocycles. The Bertz CT molecular complexity index is 421. The average molecular weight is 311 g/mol. The third-order valence-electron chi connectivity index (χ3n) is 4.84. The number of carbonyl (C=O) groups excluding carboxylic acids is 1. The maximum Gasteiger partial charge on any atom is 0.306 e. The van der Waals surface area contributed by atoms with Crippen molar-refractivity contribution in [2.75, 3.05) is 19.7 Å². The quantitative estimate of drug-likeness (QED) is 0.866. The highest BCUT2D eigenvalue weighted by Gasteiger charge is 2.34. The van der Waals surface area contributed by atoms with Crippen molar-refractivity contribution in [1.29, 1.82) is 0 Å². The van der Waals surface area contributed by atoms with Gasteiger partial charge in [-0.25, -0.2) is 0 Å². The standard InChI is InChI=1S/C17H29NO4/c1-12-6-13(10-17(2,3)9-12)7-15(19)18-4-5-22-14(11-18)8-16(20)21/h12-14H,4-11H2,1-3H3,(H,20,21). The summed E-state index contributed by atoms with van der Waals surface area (Å²) >= 11 is 0. The molecule has 1 N–H and O–H groups in total. The van der Waals surface area contributed by atoms with E-state index in [0.29, 0.717) is 43.4 Å². The molecule has 5 heteroatoms. The summed E-state index contributed by atoms with van der Waals surface area (Å²) in [5.74, 6) is 0.411. The minimum Gasteiger partial charge on any atom is -0.481 e. The zero-order valence-electron chi connectivity index (χ0n) is 14.0. The van der Waals surface area contributed by atoms with Crippen molar-refractivity contribution >= 4 is 11.9 Å². The SMILES string of the molecule is CC1CC(CC(=O)N2CCOC(CC(=O)O)C2)CC(C)(C)C1. The first kappa shape index (κ1) is 17.3. The van der Waals surface area contributed by atoms with Crippen LogP contribution in [-0.2, 0) is 14.3 Å². The smallest absolute Gasteiger partial charge is 0.306 e. The van der Waals surface area contributed by atoms with Crippen LogP contribution in [-0.4, -0.2) is 47.7 Å². The predicted molar refractivity (Wildman–Crippen MR) is 83.5 cm³/mol. The molecule has 1 saturated carbocycles. The number of hydrogen-bond donors (Lipinski definition) is 1. The molecule has 2 fully saturated rings. The number of ether oxygens (including phenoxy) is 1. The summed E-state index contributed by atoms with van der Waals surface area (Å²) in [5.41, 5.74) is 0.319.